The Morgan fingerprint density at radius 3 is 2.63 bits per heavy atom. The highest BCUT2D eigenvalue weighted by Crippen LogP contribution is 2.23. The molecule has 0 spiro atoms. The second-order valence-electron chi connectivity index (χ2n) is 3.79. The highest BCUT2D eigenvalue weighted by atomic mass is 127. The molecule has 0 aromatic heterocycles. The number of benzene rings is 2. The monoisotopic (exact) mass is 384 g/mol. The number of thiocarbonyl (C=S) groups is 1. The molecule has 0 radical (unpaired) electrons. The SMILES string of the molecule is COc1ccccc1NC(=S)Nc1cccc(I)c1. The van der Waals surface area contributed by atoms with Gasteiger partial charge in [0.1, 0.15) is 5.75 Å². The fourth-order valence-corrected chi connectivity index (χ4v) is 2.37. The molecule has 0 fully saturated rings. The maximum absolute atomic E-state index is 5.29. The molecule has 2 rings (SSSR count). The standard InChI is InChI=1S/C14H13IN2OS/c1-18-13-8-3-2-7-12(13)17-14(19)16-11-6-4-5-10(15)9-11/h2-9H,1H3,(H2,16,17,19). The minimum atomic E-state index is 0.534. The van der Waals surface area contributed by atoms with Gasteiger partial charge in [0, 0.05) is 9.26 Å². The van der Waals surface area contributed by atoms with Crippen LogP contribution in [0.4, 0.5) is 11.4 Å². The van der Waals surface area contributed by atoms with Crippen molar-refractivity contribution in [1.29, 1.82) is 0 Å². The number of para-hydroxylation sites is 2. The maximum Gasteiger partial charge on any atom is 0.175 e. The zero-order valence-electron chi connectivity index (χ0n) is 10.3. The third kappa shape index (κ3) is 4.07. The van der Waals surface area contributed by atoms with Crippen molar-refractivity contribution in [2.45, 2.75) is 0 Å². The van der Waals surface area contributed by atoms with Crippen LogP contribution >= 0.6 is 34.8 Å². The second kappa shape index (κ2) is 6.72. The van der Waals surface area contributed by atoms with Gasteiger partial charge < -0.3 is 15.4 Å². The van der Waals surface area contributed by atoms with Gasteiger partial charge in [-0.25, -0.2) is 0 Å². The third-order valence-electron chi connectivity index (χ3n) is 2.44. The maximum atomic E-state index is 5.29. The predicted molar refractivity (Wildman–Crippen MR) is 92.0 cm³/mol. The van der Waals surface area contributed by atoms with E-state index in [1.165, 1.54) is 0 Å². The number of halogens is 1. The lowest BCUT2D eigenvalue weighted by Gasteiger charge is -2.13. The van der Waals surface area contributed by atoms with Gasteiger partial charge in [0.05, 0.1) is 12.8 Å². The normalized spacial score (nSPS) is 9.79. The van der Waals surface area contributed by atoms with Gasteiger partial charge in [0.2, 0.25) is 0 Å². The number of hydrogen-bond acceptors (Lipinski definition) is 2. The lowest BCUT2D eigenvalue weighted by molar-refractivity contribution is 0.417. The smallest absolute Gasteiger partial charge is 0.175 e. The first kappa shape index (κ1) is 14.1. The van der Waals surface area contributed by atoms with Crippen LogP contribution in [0.3, 0.4) is 0 Å². The van der Waals surface area contributed by atoms with E-state index in [1.807, 2.05) is 48.5 Å². The lowest BCUT2D eigenvalue weighted by atomic mass is 10.3. The lowest BCUT2D eigenvalue weighted by Crippen LogP contribution is -2.19. The van der Waals surface area contributed by atoms with Crippen LogP contribution in [0.15, 0.2) is 48.5 Å². The number of nitrogens with one attached hydrogen (secondary N) is 2. The minimum Gasteiger partial charge on any atom is -0.495 e. The average Bonchev–Trinajstić information content (AvgIpc) is 2.39. The second-order valence-corrected chi connectivity index (χ2v) is 5.44. The molecule has 0 unspecified atom stereocenters. The van der Waals surface area contributed by atoms with Gasteiger partial charge in [-0.15, -0.1) is 0 Å². The van der Waals surface area contributed by atoms with Gasteiger partial charge in [0.15, 0.2) is 5.11 Å². The molecule has 0 aliphatic heterocycles. The van der Waals surface area contributed by atoms with Crippen LogP contribution in [-0.4, -0.2) is 12.2 Å². The molecule has 2 aromatic carbocycles. The van der Waals surface area contributed by atoms with Gasteiger partial charge >= 0.3 is 0 Å². The van der Waals surface area contributed by atoms with Crippen molar-refractivity contribution in [3.05, 3.63) is 52.1 Å². The summed E-state index contributed by atoms with van der Waals surface area (Å²) < 4.78 is 6.42. The minimum absolute atomic E-state index is 0.534. The molecular formula is C14H13IN2OS. The van der Waals surface area contributed by atoms with Crippen LogP contribution in [0, 0.1) is 3.57 Å². The van der Waals surface area contributed by atoms with Crippen molar-refractivity contribution in [1.82, 2.24) is 0 Å². The van der Waals surface area contributed by atoms with E-state index in [9.17, 15) is 0 Å². The summed E-state index contributed by atoms with van der Waals surface area (Å²) in [6.45, 7) is 0. The summed E-state index contributed by atoms with van der Waals surface area (Å²) in [7, 11) is 1.64. The van der Waals surface area contributed by atoms with E-state index in [1.54, 1.807) is 7.11 Å². The Morgan fingerprint density at radius 2 is 1.89 bits per heavy atom. The van der Waals surface area contributed by atoms with E-state index < -0.39 is 0 Å². The van der Waals surface area contributed by atoms with Crippen LogP contribution in [-0.2, 0) is 0 Å². The summed E-state index contributed by atoms with van der Waals surface area (Å²) >= 11 is 7.55. The van der Waals surface area contributed by atoms with E-state index >= 15 is 0 Å². The predicted octanol–water partition coefficient (Wildman–Crippen LogP) is 4.11. The zero-order valence-corrected chi connectivity index (χ0v) is 13.3. The third-order valence-corrected chi connectivity index (χ3v) is 3.31. The Balaban J connectivity index is 2.05. The van der Waals surface area contributed by atoms with E-state index in [0.717, 1.165) is 20.7 Å². The number of ether oxygens (including phenoxy) is 1. The Morgan fingerprint density at radius 1 is 1.11 bits per heavy atom. The van der Waals surface area contributed by atoms with Gasteiger partial charge in [-0.2, -0.15) is 0 Å². The van der Waals surface area contributed by atoms with Crippen LogP contribution in [0.1, 0.15) is 0 Å². The fourth-order valence-electron chi connectivity index (χ4n) is 1.60. The molecular weight excluding hydrogens is 371 g/mol. The van der Waals surface area contributed by atoms with E-state index in [-0.39, 0.29) is 0 Å². The number of methoxy groups -OCH3 is 1. The fraction of sp³-hybridized carbons (Fsp3) is 0.0714. The molecule has 2 N–H and O–H groups in total. The molecule has 98 valence electrons. The quantitative estimate of drug-likeness (QED) is 0.617. The molecule has 19 heavy (non-hydrogen) atoms. The van der Waals surface area contributed by atoms with Crippen molar-refractivity contribution >= 4 is 51.3 Å². The highest BCUT2D eigenvalue weighted by molar-refractivity contribution is 14.1. The first-order valence-electron chi connectivity index (χ1n) is 5.65. The molecule has 0 saturated carbocycles. The Labute approximate surface area is 131 Å². The van der Waals surface area contributed by atoms with Gasteiger partial charge in [0.25, 0.3) is 0 Å². The molecule has 5 heteroatoms. The van der Waals surface area contributed by atoms with Gasteiger partial charge in [-0.3, -0.25) is 0 Å². The van der Waals surface area contributed by atoms with Gasteiger partial charge in [-0.05, 0) is 65.1 Å². The summed E-state index contributed by atoms with van der Waals surface area (Å²) in [4.78, 5) is 0. The molecule has 0 atom stereocenters. The first-order valence-corrected chi connectivity index (χ1v) is 7.14. The van der Waals surface area contributed by atoms with E-state index in [0.29, 0.717) is 5.11 Å². The van der Waals surface area contributed by atoms with Crippen molar-refractivity contribution in [2.75, 3.05) is 17.7 Å². The molecule has 2 aromatic rings. The topological polar surface area (TPSA) is 33.3 Å². The number of anilines is 2. The van der Waals surface area contributed by atoms with Crippen LogP contribution < -0.4 is 15.4 Å². The van der Waals surface area contributed by atoms with E-state index in [4.69, 9.17) is 17.0 Å². The van der Waals surface area contributed by atoms with Gasteiger partial charge in [-0.1, -0.05) is 18.2 Å². The molecule has 0 saturated heterocycles. The van der Waals surface area contributed by atoms with Crippen LogP contribution in [0.5, 0.6) is 5.75 Å². The largest absolute Gasteiger partial charge is 0.495 e. The molecule has 0 bridgehead atoms. The van der Waals surface area contributed by atoms with Crippen LogP contribution in [0.25, 0.3) is 0 Å². The average molecular weight is 384 g/mol. The Hall–Kier alpha value is -1.34. The Bertz CT molecular complexity index is 589. The number of rotatable bonds is 3. The molecule has 0 heterocycles. The van der Waals surface area contributed by atoms with Crippen molar-refractivity contribution in [3.63, 3.8) is 0 Å². The first-order chi connectivity index (χ1) is 9.19. The van der Waals surface area contributed by atoms with Crippen molar-refractivity contribution in [2.24, 2.45) is 0 Å². The number of hydrogen-bond donors (Lipinski definition) is 2. The molecule has 3 nitrogen and oxygen atoms in total. The van der Waals surface area contributed by atoms with E-state index in [2.05, 4.69) is 33.2 Å². The Kier molecular flexibility index (Phi) is 4.98. The van der Waals surface area contributed by atoms with Crippen molar-refractivity contribution in [3.8, 4) is 5.75 Å². The molecule has 0 aliphatic rings. The summed E-state index contributed by atoms with van der Waals surface area (Å²) in [6, 6.07) is 15.7. The summed E-state index contributed by atoms with van der Waals surface area (Å²) in [5.74, 6) is 0.759. The molecule has 0 amide bonds. The molecule has 0 aliphatic carbocycles. The summed E-state index contributed by atoms with van der Waals surface area (Å²) in [5.41, 5.74) is 1.80. The van der Waals surface area contributed by atoms with Crippen molar-refractivity contribution < 1.29 is 4.74 Å². The summed E-state index contributed by atoms with van der Waals surface area (Å²) in [6.07, 6.45) is 0. The zero-order chi connectivity index (χ0) is 13.7. The highest BCUT2D eigenvalue weighted by Gasteiger charge is 2.04. The summed E-state index contributed by atoms with van der Waals surface area (Å²) in [5, 5.41) is 6.80. The van der Waals surface area contributed by atoms with Crippen LogP contribution in [0.2, 0.25) is 0 Å².